The van der Waals surface area contributed by atoms with Gasteiger partial charge < -0.3 is 14.2 Å². The highest BCUT2D eigenvalue weighted by Crippen LogP contribution is 2.38. The molecule has 0 aromatic rings. The van der Waals surface area contributed by atoms with Crippen LogP contribution in [0.2, 0.25) is 0 Å². The van der Waals surface area contributed by atoms with Gasteiger partial charge >= 0.3 is 33.7 Å². The maximum absolute atomic E-state index is 13.0. The Kier molecular flexibility index (Phi) is 4.34. The molecule has 0 amide bonds. The zero-order chi connectivity index (χ0) is 16.6. The minimum absolute atomic E-state index is 0.903. The van der Waals surface area contributed by atoms with Crippen LogP contribution in [-0.4, -0.2) is 55.3 Å². The lowest BCUT2D eigenvalue weighted by atomic mass is 10.3. The number of cyclic esters (lactones) is 2. The molecular weight excluding hydrogens is 339 g/mol. The van der Waals surface area contributed by atoms with Crippen molar-refractivity contribution in [3.05, 3.63) is 0 Å². The van der Waals surface area contributed by atoms with Gasteiger partial charge in [-0.3, -0.25) is 4.55 Å². The van der Waals surface area contributed by atoms with Crippen molar-refractivity contribution in [2.24, 2.45) is 0 Å². The fourth-order valence-corrected chi connectivity index (χ4v) is 1.55. The van der Waals surface area contributed by atoms with E-state index in [1.165, 1.54) is 0 Å². The zero-order valence-electron chi connectivity index (χ0n) is 9.46. The molecule has 1 fully saturated rings. The van der Waals surface area contributed by atoms with Crippen LogP contribution in [0, 0.1) is 0 Å². The van der Waals surface area contributed by atoms with Crippen LogP contribution in [-0.2, 0) is 29.1 Å². The average Bonchev–Trinajstić information content (AvgIpc) is 2.69. The fraction of sp³-hybridized carbons (Fsp3) is 0.714. The normalized spacial score (nSPS) is 21.4. The highest BCUT2D eigenvalue weighted by molar-refractivity contribution is 7.86. The smallest absolute Gasteiger partial charge is 0.442 e. The SMILES string of the molecule is O=C1OCC(C(=O)OC(C(F)(F)F)C(F)(F)S(=O)(=O)O)O1. The topological polar surface area (TPSA) is 116 Å². The Labute approximate surface area is 112 Å². The summed E-state index contributed by atoms with van der Waals surface area (Å²) < 4.78 is 103. The monoisotopic (exact) mass is 344 g/mol. The minimum atomic E-state index is -6.53. The molecule has 122 valence electrons. The Morgan fingerprint density at radius 2 is 1.86 bits per heavy atom. The molecule has 2 atom stereocenters. The maximum Gasteiger partial charge on any atom is 0.509 e. The largest absolute Gasteiger partial charge is 0.509 e. The molecule has 0 aliphatic carbocycles. The molecule has 0 aromatic heterocycles. The Bertz CT molecular complexity index is 540. The van der Waals surface area contributed by atoms with Crippen LogP contribution in [0.1, 0.15) is 0 Å². The first-order valence-electron chi connectivity index (χ1n) is 4.72. The second-order valence-electron chi connectivity index (χ2n) is 3.56. The first-order valence-corrected chi connectivity index (χ1v) is 6.16. The van der Waals surface area contributed by atoms with Crippen LogP contribution < -0.4 is 0 Å². The lowest BCUT2D eigenvalue weighted by Gasteiger charge is -2.26. The Morgan fingerprint density at radius 1 is 1.33 bits per heavy atom. The zero-order valence-corrected chi connectivity index (χ0v) is 10.3. The molecule has 14 heteroatoms. The van der Waals surface area contributed by atoms with Gasteiger partial charge in [-0.1, -0.05) is 0 Å². The summed E-state index contributed by atoms with van der Waals surface area (Å²) in [5.74, 6) is -2.12. The van der Waals surface area contributed by atoms with Crippen molar-refractivity contribution in [2.75, 3.05) is 6.61 Å². The van der Waals surface area contributed by atoms with E-state index in [1.807, 2.05) is 0 Å². The molecule has 0 bridgehead atoms. The van der Waals surface area contributed by atoms with Crippen LogP contribution in [0.4, 0.5) is 26.7 Å². The highest BCUT2D eigenvalue weighted by Gasteiger charge is 2.66. The number of carbonyl (C=O) groups excluding carboxylic acids is 2. The van der Waals surface area contributed by atoms with Crippen LogP contribution in [0.15, 0.2) is 0 Å². The van der Waals surface area contributed by atoms with Crippen molar-refractivity contribution in [3.63, 3.8) is 0 Å². The second-order valence-corrected chi connectivity index (χ2v) is 5.06. The number of rotatable bonds is 4. The van der Waals surface area contributed by atoms with Crippen molar-refractivity contribution < 1.29 is 58.7 Å². The minimum Gasteiger partial charge on any atom is -0.442 e. The molecular formula is C7H5F5O8S. The number of carbonyl (C=O) groups is 2. The van der Waals surface area contributed by atoms with Crippen molar-refractivity contribution in [3.8, 4) is 0 Å². The fourth-order valence-electron chi connectivity index (χ4n) is 1.10. The van der Waals surface area contributed by atoms with Crippen LogP contribution in [0.5, 0.6) is 0 Å². The number of hydrogen-bond donors (Lipinski definition) is 1. The molecule has 1 heterocycles. The van der Waals surface area contributed by atoms with E-state index in [9.17, 15) is 40.0 Å². The summed E-state index contributed by atoms with van der Waals surface area (Å²) in [6.45, 7) is -0.903. The summed E-state index contributed by atoms with van der Waals surface area (Å²) in [7, 11) is -6.53. The van der Waals surface area contributed by atoms with Crippen molar-refractivity contribution in [1.82, 2.24) is 0 Å². The molecule has 0 radical (unpaired) electrons. The van der Waals surface area contributed by atoms with Gasteiger partial charge in [0, 0.05) is 0 Å². The van der Waals surface area contributed by atoms with Gasteiger partial charge in [-0.2, -0.15) is 30.4 Å². The Balaban J connectivity index is 3.01. The van der Waals surface area contributed by atoms with E-state index in [0.29, 0.717) is 0 Å². The summed E-state index contributed by atoms with van der Waals surface area (Å²) in [6.07, 6.45) is -14.0. The van der Waals surface area contributed by atoms with Crippen LogP contribution >= 0.6 is 0 Å². The third kappa shape index (κ3) is 3.69. The van der Waals surface area contributed by atoms with Gasteiger partial charge in [0.15, 0.2) is 0 Å². The highest BCUT2D eigenvalue weighted by atomic mass is 32.2. The van der Waals surface area contributed by atoms with E-state index in [-0.39, 0.29) is 0 Å². The maximum atomic E-state index is 13.0. The second kappa shape index (κ2) is 5.25. The van der Waals surface area contributed by atoms with E-state index in [0.717, 1.165) is 0 Å². The number of hydrogen-bond acceptors (Lipinski definition) is 7. The first kappa shape index (κ1) is 17.4. The number of halogens is 5. The van der Waals surface area contributed by atoms with Gasteiger partial charge in [-0.05, 0) is 0 Å². The number of ether oxygens (including phenoxy) is 3. The number of alkyl halides is 5. The van der Waals surface area contributed by atoms with Crippen molar-refractivity contribution in [2.45, 2.75) is 23.6 Å². The van der Waals surface area contributed by atoms with E-state index in [1.54, 1.807) is 0 Å². The van der Waals surface area contributed by atoms with Gasteiger partial charge in [-0.25, -0.2) is 9.59 Å². The summed E-state index contributed by atoms with van der Waals surface area (Å²) in [4.78, 5) is 21.6. The standard InChI is InChI=1S/C7H5F5O8S/c8-6(9,10)4(7(11,12)21(15,16)17)20-3(13)2-1-18-5(14)19-2/h2,4H,1H2,(H,15,16,17). The van der Waals surface area contributed by atoms with Gasteiger partial charge in [-0.15, -0.1) is 0 Å². The van der Waals surface area contributed by atoms with E-state index in [4.69, 9.17) is 4.55 Å². The van der Waals surface area contributed by atoms with Gasteiger partial charge in [0.2, 0.25) is 6.10 Å². The first-order chi connectivity index (χ1) is 9.26. The predicted octanol–water partition coefficient (Wildman–Crippen LogP) is 0.476. The summed E-state index contributed by atoms with van der Waals surface area (Å²) >= 11 is 0. The molecule has 0 aromatic carbocycles. The third-order valence-electron chi connectivity index (χ3n) is 2.03. The molecule has 21 heavy (non-hydrogen) atoms. The van der Waals surface area contributed by atoms with E-state index in [2.05, 4.69) is 14.2 Å². The Morgan fingerprint density at radius 3 is 2.19 bits per heavy atom. The van der Waals surface area contributed by atoms with Crippen molar-refractivity contribution >= 4 is 22.2 Å². The summed E-state index contributed by atoms with van der Waals surface area (Å²) in [6, 6.07) is 0. The summed E-state index contributed by atoms with van der Waals surface area (Å²) in [5, 5.41) is -5.86. The number of esters is 1. The molecule has 1 rings (SSSR count). The molecule has 8 nitrogen and oxygen atoms in total. The van der Waals surface area contributed by atoms with E-state index >= 15 is 0 Å². The molecule has 2 unspecified atom stereocenters. The van der Waals surface area contributed by atoms with Gasteiger partial charge in [0.05, 0.1) is 0 Å². The van der Waals surface area contributed by atoms with Crippen molar-refractivity contribution in [1.29, 1.82) is 0 Å². The lowest BCUT2D eigenvalue weighted by Crippen LogP contribution is -2.53. The molecule has 1 aliphatic rings. The van der Waals surface area contributed by atoms with Gasteiger partial charge in [0.25, 0.3) is 6.10 Å². The van der Waals surface area contributed by atoms with E-state index < -0.39 is 52.5 Å². The predicted molar refractivity (Wildman–Crippen MR) is 48.7 cm³/mol. The average molecular weight is 344 g/mol. The molecule has 1 aliphatic heterocycles. The molecule has 1 saturated heterocycles. The van der Waals surface area contributed by atoms with Crippen LogP contribution in [0.3, 0.4) is 0 Å². The lowest BCUT2D eigenvalue weighted by molar-refractivity contribution is -0.261. The van der Waals surface area contributed by atoms with Crippen LogP contribution in [0.25, 0.3) is 0 Å². The molecule has 1 N–H and O–H groups in total. The third-order valence-corrected chi connectivity index (χ3v) is 2.94. The Hall–Kier alpha value is -1.70. The molecule has 0 spiro atoms. The summed E-state index contributed by atoms with van der Waals surface area (Å²) in [5.41, 5.74) is 0. The quantitative estimate of drug-likeness (QED) is 0.445. The van der Waals surface area contributed by atoms with Gasteiger partial charge in [0.1, 0.15) is 6.61 Å². The molecule has 0 saturated carbocycles.